The maximum absolute atomic E-state index is 10.9. The second-order valence-electron chi connectivity index (χ2n) is 3.29. The number of amides is 3. The van der Waals surface area contributed by atoms with Crippen LogP contribution in [0.1, 0.15) is 6.92 Å². The van der Waals surface area contributed by atoms with Crippen LogP contribution in [0.3, 0.4) is 0 Å². The van der Waals surface area contributed by atoms with Crippen molar-refractivity contribution >= 4 is 21.8 Å². The molecule has 8 heteroatoms. The Bertz CT molecular complexity index is 338. The number of rotatable bonds is 5. The fourth-order valence-electron chi connectivity index (χ4n) is 0.962. The molecule has 0 aromatic rings. The Labute approximate surface area is 88.3 Å². The van der Waals surface area contributed by atoms with Gasteiger partial charge in [0.1, 0.15) is 9.84 Å². The first kappa shape index (κ1) is 13.8. The molecule has 0 radical (unpaired) electrons. The largest absolute Gasteiger partial charge is 0.351 e. The van der Waals surface area contributed by atoms with Gasteiger partial charge in [-0.3, -0.25) is 10.1 Å². The number of carbonyl (C=O) groups is 2. The third-order valence-electron chi connectivity index (χ3n) is 1.43. The highest BCUT2D eigenvalue weighted by Crippen LogP contribution is 1.89. The molecule has 0 aromatic carbocycles. The Morgan fingerprint density at radius 1 is 1.40 bits per heavy atom. The highest BCUT2D eigenvalue weighted by atomic mass is 32.2. The lowest BCUT2D eigenvalue weighted by molar-refractivity contribution is -0.119. The van der Waals surface area contributed by atoms with Gasteiger partial charge < -0.3 is 11.1 Å². The first-order chi connectivity index (χ1) is 6.70. The van der Waals surface area contributed by atoms with Crippen LogP contribution in [0, 0.1) is 0 Å². The van der Waals surface area contributed by atoms with Crippen molar-refractivity contribution < 1.29 is 18.0 Å². The smallest absolute Gasteiger partial charge is 0.318 e. The minimum Gasteiger partial charge on any atom is -0.351 e. The Hall–Kier alpha value is -1.15. The van der Waals surface area contributed by atoms with Crippen LogP contribution in [0.25, 0.3) is 0 Å². The van der Waals surface area contributed by atoms with Crippen LogP contribution in [0.5, 0.6) is 0 Å². The van der Waals surface area contributed by atoms with Gasteiger partial charge in [0, 0.05) is 12.3 Å². The molecule has 0 rings (SSSR count). The van der Waals surface area contributed by atoms with E-state index in [1.165, 1.54) is 0 Å². The molecule has 0 aliphatic carbocycles. The van der Waals surface area contributed by atoms with E-state index in [0.29, 0.717) is 0 Å². The normalized spacial score (nSPS) is 13.2. The second-order valence-corrected chi connectivity index (χ2v) is 5.47. The lowest BCUT2D eigenvalue weighted by Gasteiger charge is -2.11. The van der Waals surface area contributed by atoms with Crippen molar-refractivity contribution in [2.75, 3.05) is 18.6 Å². The highest BCUT2D eigenvalue weighted by molar-refractivity contribution is 7.90. The van der Waals surface area contributed by atoms with Crippen LogP contribution in [0.2, 0.25) is 0 Å². The molecule has 0 heterocycles. The van der Waals surface area contributed by atoms with Gasteiger partial charge in [0.05, 0.1) is 12.3 Å². The molecule has 0 spiro atoms. The van der Waals surface area contributed by atoms with Crippen LogP contribution in [-0.2, 0) is 14.6 Å². The summed E-state index contributed by atoms with van der Waals surface area (Å²) in [7, 11) is -3.08. The summed E-state index contributed by atoms with van der Waals surface area (Å²) in [5, 5.41) is 4.49. The summed E-state index contributed by atoms with van der Waals surface area (Å²) >= 11 is 0. The van der Waals surface area contributed by atoms with Crippen molar-refractivity contribution in [3.05, 3.63) is 0 Å². The van der Waals surface area contributed by atoms with Gasteiger partial charge in [-0.2, -0.15) is 0 Å². The van der Waals surface area contributed by atoms with Crippen molar-refractivity contribution in [1.29, 1.82) is 0 Å². The first-order valence-corrected chi connectivity index (χ1v) is 6.27. The maximum Gasteiger partial charge on any atom is 0.318 e. The van der Waals surface area contributed by atoms with Gasteiger partial charge >= 0.3 is 6.03 Å². The summed E-state index contributed by atoms with van der Waals surface area (Å²) in [6.45, 7) is 1.47. The van der Waals surface area contributed by atoms with E-state index in [9.17, 15) is 18.0 Å². The molecule has 0 saturated carbocycles. The molecular weight excluding hydrogens is 222 g/mol. The van der Waals surface area contributed by atoms with Crippen LogP contribution < -0.4 is 16.4 Å². The maximum atomic E-state index is 10.9. The van der Waals surface area contributed by atoms with E-state index in [-0.39, 0.29) is 18.3 Å². The van der Waals surface area contributed by atoms with Crippen molar-refractivity contribution in [3.63, 3.8) is 0 Å². The molecule has 0 bridgehead atoms. The van der Waals surface area contributed by atoms with E-state index in [2.05, 4.69) is 5.32 Å². The highest BCUT2D eigenvalue weighted by Gasteiger charge is 2.11. The van der Waals surface area contributed by atoms with Crippen LogP contribution in [0.4, 0.5) is 4.79 Å². The van der Waals surface area contributed by atoms with Crippen LogP contribution >= 0.6 is 0 Å². The van der Waals surface area contributed by atoms with E-state index < -0.39 is 21.8 Å². The topological polar surface area (TPSA) is 118 Å². The number of sulfone groups is 1. The second kappa shape index (κ2) is 5.66. The lowest BCUT2D eigenvalue weighted by atomic mass is 10.4. The monoisotopic (exact) mass is 237 g/mol. The number of nitrogens with two attached hydrogens (primary N) is 1. The average molecular weight is 237 g/mol. The fraction of sp³-hybridized carbons (Fsp3) is 0.714. The number of nitrogens with one attached hydrogen (secondary N) is 2. The summed E-state index contributed by atoms with van der Waals surface area (Å²) < 4.78 is 21.7. The van der Waals surface area contributed by atoms with Crippen LogP contribution in [-0.4, -0.2) is 45.0 Å². The molecule has 0 aliphatic rings. The van der Waals surface area contributed by atoms with Gasteiger partial charge in [-0.25, -0.2) is 13.2 Å². The Morgan fingerprint density at radius 3 is 2.33 bits per heavy atom. The predicted molar refractivity (Wildman–Crippen MR) is 54.9 cm³/mol. The molecule has 0 aliphatic heterocycles. The molecule has 15 heavy (non-hydrogen) atoms. The molecule has 1 atom stereocenters. The minimum absolute atomic E-state index is 0.0726. The van der Waals surface area contributed by atoms with Gasteiger partial charge in [-0.1, -0.05) is 0 Å². The Morgan fingerprint density at radius 2 is 1.93 bits per heavy atom. The molecule has 88 valence electrons. The summed E-state index contributed by atoms with van der Waals surface area (Å²) in [4.78, 5) is 21.1. The molecule has 1 unspecified atom stereocenters. The van der Waals surface area contributed by atoms with E-state index in [1.54, 1.807) is 6.92 Å². The van der Waals surface area contributed by atoms with Gasteiger partial charge in [0.15, 0.2) is 0 Å². The predicted octanol–water partition coefficient (Wildman–Crippen LogP) is -1.80. The number of carbonyl (C=O) groups excluding carboxylic acids is 2. The molecule has 0 fully saturated rings. The zero-order valence-electron chi connectivity index (χ0n) is 8.61. The minimum atomic E-state index is -3.08. The zero-order valence-corrected chi connectivity index (χ0v) is 9.43. The first-order valence-electron chi connectivity index (χ1n) is 4.21. The van der Waals surface area contributed by atoms with Crippen LogP contribution in [0.15, 0.2) is 0 Å². The molecule has 4 N–H and O–H groups in total. The number of hydrogen-bond donors (Lipinski definition) is 3. The number of hydrogen-bond acceptors (Lipinski definition) is 5. The molecule has 3 amide bonds. The third-order valence-corrected chi connectivity index (χ3v) is 2.53. The van der Waals surface area contributed by atoms with Crippen molar-refractivity contribution in [2.45, 2.75) is 13.0 Å². The number of urea groups is 1. The number of imide groups is 1. The molecule has 0 aromatic heterocycles. The Kier molecular flexibility index (Phi) is 5.23. The summed E-state index contributed by atoms with van der Waals surface area (Å²) in [5.74, 6) is -0.667. The molecule has 0 saturated heterocycles. The van der Waals surface area contributed by atoms with Crippen molar-refractivity contribution in [1.82, 2.24) is 10.6 Å². The third kappa shape index (κ3) is 9.16. The lowest BCUT2D eigenvalue weighted by Crippen LogP contribution is -2.44. The van der Waals surface area contributed by atoms with E-state index in [0.717, 1.165) is 6.26 Å². The standard InChI is InChI=1S/C7H15N3O4S/c1-5(4-15(2,13)14)9-3-6(11)10-7(8)12/h5,9H,3-4H2,1-2H3,(H3,8,10,11,12). The summed E-state index contributed by atoms with van der Waals surface area (Å²) in [5.41, 5.74) is 4.71. The van der Waals surface area contributed by atoms with E-state index in [4.69, 9.17) is 5.73 Å². The zero-order chi connectivity index (χ0) is 12.1. The van der Waals surface area contributed by atoms with E-state index in [1.807, 2.05) is 5.32 Å². The van der Waals surface area contributed by atoms with Gasteiger partial charge in [0.25, 0.3) is 0 Å². The fourth-order valence-corrected chi connectivity index (χ4v) is 1.99. The number of primary amides is 1. The quantitative estimate of drug-likeness (QED) is 0.521. The summed E-state index contributed by atoms with van der Waals surface area (Å²) in [6.07, 6.45) is 1.11. The average Bonchev–Trinajstić information content (AvgIpc) is 1.96. The molecular formula is C7H15N3O4S. The van der Waals surface area contributed by atoms with Gasteiger partial charge in [0.2, 0.25) is 5.91 Å². The van der Waals surface area contributed by atoms with Gasteiger partial charge in [-0.05, 0) is 6.92 Å². The van der Waals surface area contributed by atoms with Crippen molar-refractivity contribution in [2.24, 2.45) is 5.73 Å². The molecule has 7 nitrogen and oxygen atoms in total. The summed E-state index contributed by atoms with van der Waals surface area (Å²) in [6, 6.07) is -1.30. The van der Waals surface area contributed by atoms with Gasteiger partial charge in [-0.15, -0.1) is 0 Å². The van der Waals surface area contributed by atoms with Crippen molar-refractivity contribution in [3.8, 4) is 0 Å². The van der Waals surface area contributed by atoms with E-state index >= 15 is 0 Å². The Balaban J connectivity index is 3.86. The SMILES string of the molecule is CC(CS(C)(=O)=O)NCC(=O)NC(N)=O.